The van der Waals surface area contributed by atoms with E-state index in [1.807, 2.05) is 11.1 Å². The minimum absolute atomic E-state index is 0.0209. The molecule has 1 fully saturated rings. The molecule has 5 nitrogen and oxygen atoms in total. The van der Waals surface area contributed by atoms with E-state index in [1.54, 1.807) is 10.9 Å². The first-order valence-electron chi connectivity index (χ1n) is 5.54. The summed E-state index contributed by atoms with van der Waals surface area (Å²) in [7, 11) is 0. The number of rotatable bonds is 4. The lowest BCUT2D eigenvalue weighted by molar-refractivity contribution is -0.132. The number of hydrogen-bond acceptors (Lipinski definition) is 3. The Balaban J connectivity index is 1.75. The molecule has 1 aliphatic heterocycles. The molecule has 2 heterocycles. The topological polar surface area (TPSA) is 51.0 Å². The zero-order chi connectivity index (χ0) is 11.4. The minimum atomic E-state index is 0.0209. The van der Waals surface area contributed by atoms with Crippen molar-refractivity contribution in [1.29, 1.82) is 0 Å². The van der Waals surface area contributed by atoms with Crippen molar-refractivity contribution >= 4 is 21.8 Å². The first-order valence-corrected chi connectivity index (χ1v) is 6.46. The van der Waals surface area contributed by atoms with Crippen LogP contribution in [-0.2, 0) is 11.3 Å². The Hall–Kier alpha value is -0.910. The Morgan fingerprint density at radius 3 is 3.12 bits per heavy atom. The maximum atomic E-state index is 11.8. The normalized spacial score (nSPS) is 21.4. The molecule has 0 N–H and O–H groups in total. The maximum Gasteiger partial charge on any atom is 0.236 e. The molecule has 0 saturated carbocycles. The van der Waals surface area contributed by atoms with Crippen LogP contribution in [0.5, 0.6) is 0 Å². The van der Waals surface area contributed by atoms with E-state index in [0.29, 0.717) is 0 Å². The summed E-state index contributed by atoms with van der Waals surface area (Å²) in [4.78, 5) is 13.7. The van der Waals surface area contributed by atoms with Crippen LogP contribution in [0.2, 0.25) is 0 Å². The molecule has 6 heteroatoms. The summed E-state index contributed by atoms with van der Waals surface area (Å²) in [6, 6.07) is 0. The van der Waals surface area contributed by atoms with Crippen LogP contribution in [-0.4, -0.2) is 43.7 Å². The molecule has 16 heavy (non-hydrogen) atoms. The molecule has 1 aliphatic rings. The van der Waals surface area contributed by atoms with E-state index in [1.165, 1.54) is 0 Å². The molecule has 0 radical (unpaired) electrons. The number of alkyl halides is 1. The van der Waals surface area contributed by atoms with Crippen molar-refractivity contribution in [2.45, 2.75) is 30.6 Å². The van der Waals surface area contributed by atoms with E-state index in [9.17, 15) is 4.79 Å². The number of carbonyl (C=O) groups excluding carboxylic acids is 1. The highest BCUT2D eigenvalue weighted by Gasteiger charge is 2.25. The van der Waals surface area contributed by atoms with Crippen LogP contribution in [0.25, 0.3) is 0 Å². The first kappa shape index (κ1) is 11.6. The fourth-order valence-corrected chi connectivity index (χ4v) is 2.50. The lowest BCUT2D eigenvalue weighted by Crippen LogP contribution is -2.42. The van der Waals surface area contributed by atoms with Gasteiger partial charge in [-0.25, -0.2) is 0 Å². The molecule has 1 amide bonds. The largest absolute Gasteiger partial charge is 0.342 e. The van der Waals surface area contributed by atoms with Crippen molar-refractivity contribution in [3.8, 4) is 0 Å². The van der Waals surface area contributed by atoms with Crippen molar-refractivity contribution < 1.29 is 4.79 Å². The van der Waals surface area contributed by atoms with E-state index < -0.39 is 0 Å². The predicted molar refractivity (Wildman–Crippen MR) is 63.2 cm³/mol. The maximum absolute atomic E-state index is 11.8. The number of nitrogens with zero attached hydrogens (tertiary/aromatic N) is 4. The van der Waals surface area contributed by atoms with Crippen molar-refractivity contribution in [1.82, 2.24) is 19.9 Å². The van der Waals surface area contributed by atoms with E-state index in [-0.39, 0.29) is 10.7 Å². The Labute approximate surface area is 103 Å². The molecule has 1 aromatic heterocycles. The zero-order valence-electron chi connectivity index (χ0n) is 9.05. The van der Waals surface area contributed by atoms with Gasteiger partial charge in [-0.2, -0.15) is 0 Å². The van der Waals surface area contributed by atoms with Gasteiger partial charge in [-0.15, -0.1) is 5.10 Å². The highest BCUT2D eigenvalue weighted by molar-refractivity contribution is 9.10. The van der Waals surface area contributed by atoms with Crippen LogP contribution in [0.3, 0.4) is 0 Å². The van der Waals surface area contributed by atoms with Crippen molar-refractivity contribution in [2.75, 3.05) is 13.1 Å². The number of likely N-dealkylation sites (tertiary alicyclic amines) is 1. The van der Waals surface area contributed by atoms with Gasteiger partial charge in [0.1, 0.15) is 0 Å². The highest BCUT2D eigenvalue weighted by atomic mass is 79.9. The molecule has 1 aromatic rings. The number of aryl methyl sites for hydroxylation is 1. The Kier molecular flexibility index (Phi) is 3.93. The highest BCUT2D eigenvalue weighted by Crippen LogP contribution is 2.18. The monoisotopic (exact) mass is 286 g/mol. The molecule has 1 unspecified atom stereocenters. The lowest BCUT2D eigenvalue weighted by atomic mass is 10.1. The minimum Gasteiger partial charge on any atom is -0.342 e. The summed E-state index contributed by atoms with van der Waals surface area (Å²) in [6.45, 7) is 2.51. The van der Waals surface area contributed by atoms with Crippen LogP contribution in [0, 0.1) is 0 Å². The van der Waals surface area contributed by atoms with Gasteiger partial charge in [0.15, 0.2) is 0 Å². The SMILES string of the molecule is O=C1C(Br)CCCN1CCCn1ccnn1. The second-order valence-electron chi connectivity index (χ2n) is 3.95. The first-order chi connectivity index (χ1) is 7.77. The number of carbonyl (C=O) groups is 1. The van der Waals surface area contributed by atoms with E-state index in [2.05, 4.69) is 26.2 Å². The van der Waals surface area contributed by atoms with Gasteiger partial charge in [-0.1, -0.05) is 21.1 Å². The van der Waals surface area contributed by atoms with Crippen molar-refractivity contribution in [2.24, 2.45) is 0 Å². The molecule has 0 bridgehead atoms. The molecule has 1 saturated heterocycles. The number of piperidine rings is 1. The number of halogens is 1. The lowest BCUT2D eigenvalue weighted by Gasteiger charge is -2.29. The van der Waals surface area contributed by atoms with Gasteiger partial charge in [0.2, 0.25) is 5.91 Å². The predicted octanol–water partition coefficient (Wildman–Crippen LogP) is 1.05. The van der Waals surface area contributed by atoms with Gasteiger partial charge < -0.3 is 4.90 Å². The van der Waals surface area contributed by atoms with E-state index >= 15 is 0 Å². The van der Waals surface area contributed by atoms with Crippen LogP contribution < -0.4 is 0 Å². The van der Waals surface area contributed by atoms with Crippen LogP contribution in [0.1, 0.15) is 19.3 Å². The summed E-state index contributed by atoms with van der Waals surface area (Å²) in [5.41, 5.74) is 0. The van der Waals surface area contributed by atoms with Gasteiger partial charge in [0.05, 0.1) is 11.0 Å². The van der Waals surface area contributed by atoms with Gasteiger partial charge in [0.25, 0.3) is 0 Å². The van der Waals surface area contributed by atoms with Crippen LogP contribution in [0.15, 0.2) is 12.4 Å². The number of hydrogen-bond donors (Lipinski definition) is 0. The van der Waals surface area contributed by atoms with Gasteiger partial charge in [-0.05, 0) is 19.3 Å². The third-order valence-corrected chi connectivity index (χ3v) is 3.60. The van der Waals surface area contributed by atoms with Crippen LogP contribution in [0.4, 0.5) is 0 Å². The summed E-state index contributed by atoms with van der Waals surface area (Å²) < 4.78 is 1.79. The third-order valence-electron chi connectivity index (χ3n) is 2.75. The van der Waals surface area contributed by atoms with Gasteiger partial charge >= 0.3 is 0 Å². The molecular weight excluding hydrogens is 272 g/mol. The molecular formula is C10H15BrN4O. The summed E-state index contributed by atoms with van der Waals surface area (Å²) in [5, 5.41) is 7.63. The molecule has 2 rings (SSSR count). The summed E-state index contributed by atoms with van der Waals surface area (Å²) in [5.74, 6) is 0.227. The Morgan fingerprint density at radius 1 is 1.50 bits per heavy atom. The van der Waals surface area contributed by atoms with E-state index in [0.717, 1.165) is 38.9 Å². The molecule has 88 valence electrons. The Bertz CT molecular complexity index is 341. The van der Waals surface area contributed by atoms with Gasteiger partial charge in [0, 0.05) is 25.8 Å². The van der Waals surface area contributed by atoms with Crippen molar-refractivity contribution in [3.63, 3.8) is 0 Å². The zero-order valence-corrected chi connectivity index (χ0v) is 10.6. The molecule has 0 spiro atoms. The molecule has 0 aliphatic carbocycles. The summed E-state index contributed by atoms with van der Waals surface area (Å²) in [6.07, 6.45) is 6.48. The standard InChI is InChI=1S/C10H15BrN4O/c11-9-3-1-5-14(10(9)16)6-2-7-15-8-4-12-13-15/h4,8-9H,1-3,5-7H2. The average Bonchev–Trinajstić information content (AvgIpc) is 2.77. The average molecular weight is 287 g/mol. The molecule has 1 atom stereocenters. The van der Waals surface area contributed by atoms with Crippen molar-refractivity contribution in [3.05, 3.63) is 12.4 Å². The molecule has 0 aromatic carbocycles. The second-order valence-corrected chi connectivity index (χ2v) is 5.06. The Morgan fingerprint density at radius 2 is 2.38 bits per heavy atom. The van der Waals surface area contributed by atoms with Crippen LogP contribution >= 0.6 is 15.9 Å². The summed E-state index contributed by atoms with van der Waals surface area (Å²) >= 11 is 3.41. The quantitative estimate of drug-likeness (QED) is 0.778. The van der Waals surface area contributed by atoms with Gasteiger partial charge in [-0.3, -0.25) is 9.48 Å². The second kappa shape index (κ2) is 5.43. The fourth-order valence-electron chi connectivity index (χ4n) is 1.89. The smallest absolute Gasteiger partial charge is 0.236 e. The number of amides is 1. The van der Waals surface area contributed by atoms with E-state index in [4.69, 9.17) is 0 Å². The third kappa shape index (κ3) is 2.81. The number of aromatic nitrogens is 3. The fraction of sp³-hybridized carbons (Fsp3) is 0.700.